The van der Waals surface area contributed by atoms with Crippen LogP contribution in [0.15, 0.2) is 36.5 Å². The lowest BCUT2D eigenvalue weighted by molar-refractivity contribution is -0.217. The van der Waals surface area contributed by atoms with E-state index in [0.29, 0.717) is 37.3 Å². The number of imide groups is 1. The number of alkyl halides is 2. The van der Waals surface area contributed by atoms with E-state index in [2.05, 4.69) is 15.6 Å². The molecule has 2 saturated heterocycles. The number of halogens is 2. The minimum atomic E-state index is -3.97. The Morgan fingerprint density at radius 1 is 1.29 bits per heavy atom. The summed E-state index contributed by atoms with van der Waals surface area (Å²) in [6.07, 6.45) is -1.53. The molecule has 12 heteroatoms. The van der Waals surface area contributed by atoms with Crippen LogP contribution in [0.5, 0.6) is 11.6 Å². The van der Waals surface area contributed by atoms with Crippen LogP contribution in [0.25, 0.3) is 0 Å². The number of urea groups is 1. The van der Waals surface area contributed by atoms with Crippen molar-refractivity contribution in [3.05, 3.63) is 42.1 Å². The monoisotopic (exact) mass is 492 g/mol. The number of aromatic hydroxyl groups is 1. The summed E-state index contributed by atoms with van der Waals surface area (Å²) < 4.78 is 35.1. The van der Waals surface area contributed by atoms with Crippen LogP contribution < -0.4 is 15.4 Å². The molecule has 35 heavy (non-hydrogen) atoms. The van der Waals surface area contributed by atoms with E-state index in [-0.39, 0.29) is 35.7 Å². The molecule has 188 valence electrons. The number of ether oxygens (including phenoxy) is 2. The molecule has 0 aliphatic carbocycles. The Bertz CT molecular complexity index is 1070. The number of para-hydroxylation sites is 1. The SMILES string of the molecule is C[C@@]1(c2cccc(Nc3ccc(OCC(O)(F)F)nc3)c2O)CC(=O)N(C2CCOCC2)C(=O)N1. The standard InChI is InChI=1S/C23H26F2N4O6/c1-22(11-19(30)29(21(32)28-22)15-7-9-34-10-8-15)16-3-2-4-17(20(16)31)27-14-5-6-18(26-12-14)35-13-23(24,25)33/h2-6,12,15,27,31,33H,7-11,13H2,1H3,(H,28,32)/t22-/m0/s1. The van der Waals surface area contributed by atoms with Gasteiger partial charge in [0.1, 0.15) is 5.75 Å². The minimum Gasteiger partial charge on any atom is -0.505 e. The third-order valence-electron chi connectivity index (χ3n) is 5.97. The number of hydrogen-bond acceptors (Lipinski definition) is 8. The van der Waals surface area contributed by atoms with Gasteiger partial charge in [0.25, 0.3) is 0 Å². The molecule has 4 rings (SSSR count). The van der Waals surface area contributed by atoms with Crippen LogP contribution in [-0.2, 0) is 15.1 Å². The fourth-order valence-corrected chi connectivity index (χ4v) is 4.26. The molecular formula is C23H26F2N4O6. The van der Waals surface area contributed by atoms with Crippen LogP contribution in [0.2, 0.25) is 0 Å². The molecular weight excluding hydrogens is 466 g/mol. The Kier molecular flexibility index (Phi) is 6.77. The van der Waals surface area contributed by atoms with Crippen molar-refractivity contribution in [3.8, 4) is 11.6 Å². The van der Waals surface area contributed by atoms with Gasteiger partial charge in [0, 0.05) is 30.9 Å². The average Bonchev–Trinajstić information content (AvgIpc) is 2.79. The van der Waals surface area contributed by atoms with E-state index in [9.17, 15) is 23.5 Å². The second-order valence-electron chi connectivity index (χ2n) is 8.71. The molecule has 10 nitrogen and oxygen atoms in total. The summed E-state index contributed by atoms with van der Waals surface area (Å²) in [4.78, 5) is 31.0. The second-order valence-corrected chi connectivity index (χ2v) is 8.71. The van der Waals surface area contributed by atoms with Crippen molar-refractivity contribution >= 4 is 23.3 Å². The molecule has 4 N–H and O–H groups in total. The van der Waals surface area contributed by atoms with E-state index in [1.165, 1.54) is 23.2 Å². The number of amides is 3. The van der Waals surface area contributed by atoms with Gasteiger partial charge in [-0.1, -0.05) is 12.1 Å². The number of anilines is 2. The van der Waals surface area contributed by atoms with Gasteiger partial charge in [0.15, 0.2) is 6.61 Å². The number of pyridine rings is 1. The molecule has 0 radical (unpaired) electrons. The molecule has 0 spiro atoms. The molecule has 3 amide bonds. The highest BCUT2D eigenvalue weighted by molar-refractivity contribution is 5.98. The number of benzene rings is 1. The van der Waals surface area contributed by atoms with E-state index in [0.717, 1.165) is 0 Å². The lowest BCUT2D eigenvalue weighted by Gasteiger charge is -2.43. The van der Waals surface area contributed by atoms with Crippen molar-refractivity contribution in [2.75, 3.05) is 25.1 Å². The minimum absolute atomic E-state index is 0.0316. The molecule has 1 aromatic heterocycles. The lowest BCUT2D eigenvalue weighted by atomic mass is 9.85. The molecule has 2 aromatic rings. The molecule has 0 bridgehead atoms. The third-order valence-corrected chi connectivity index (χ3v) is 5.97. The number of aliphatic hydroxyl groups is 1. The van der Waals surface area contributed by atoms with Crippen LogP contribution in [0.3, 0.4) is 0 Å². The number of carbonyl (C=O) groups is 2. The number of carbonyl (C=O) groups excluding carboxylic acids is 2. The fraction of sp³-hybridized carbons (Fsp3) is 0.435. The van der Waals surface area contributed by atoms with Crippen LogP contribution in [0, 0.1) is 0 Å². The number of hydrogen-bond donors (Lipinski definition) is 4. The lowest BCUT2D eigenvalue weighted by Crippen LogP contribution is -2.62. The molecule has 2 fully saturated rings. The van der Waals surface area contributed by atoms with Crippen LogP contribution in [-0.4, -0.2) is 64.0 Å². The smallest absolute Gasteiger partial charge is 0.387 e. The van der Waals surface area contributed by atoms with Gasteiger partial charge in [0.05, 0.1) is 29.5 Å². The first-order chi connectivity index (χ1) is 16.6. The maximum absolute atomic E-state index is 13.0. The van der Waals surface area contributed by atoms with Crippen molar-refractivity contribution in [2.24, 2.45) is 0 Å². The molecule has 1 atom stereocenters. The highest BCUT2D eigenvalue weighted by Gasteiger charge is 2.45. The van der Waals surface area contributed by atoms with Gasteiger partial charge in [-0.05, 0) is 31.9 Å². The molecule has 1 aromatic carbocycles. The van der Waals surface area contributed by atoms with Gasteiger partial charge in [-0.25, -0.2) is 9.78 Å². The van der Waals surface area contributed by atoms with Crippen LogP contribution >= 0.6 is 0 Å². The maximum Gasteiger partial charge on any atom is 0.387 e. The first-order valence-electron chi connectivity index (χ1n) is 11.1. The van der Waals surface area contributed by atoms with E-state index in [1.807, 2.05) is 0 Å². The first kappa shape index (κ1) is 24.6. The predicted octanol–water partition coefficient (Wildman–Crippen LogP) is 2.83. The summed E-state index contributed by atoms with van der Waals surface area (Å²) in [5.74, 6) is -0.607. The van der Waals surface area contributed by atoms with E-state index in [1.54, 1.807) is 25.1 Å². The van der Waals surface area contributed by atoms with Gasteiger partial charge >= 0.3 is 12.1 Å². The molecule has 0 unspecified atom stereocenters. The van der Waals surface area contributed by atoms with Gasteiger partial charge in [0.2, 0.25) is 11.8 Å². The Morgan fingerprint density at radius 2 is 2.03 bits per heavy atom. The Balaban J connectivity index is 1.49. The highest BCUT2D eigenvalue weighted by Crippen LogP contribution is 2.40. The second kappa shape index (κ2) is 9.62. The molecule has 0 saturated carbocycles. The highest BCUT2D eigenvalue weighted by atomic mass is 19.3. The number of phenols is 1. The van der Waals surface area contributed by atoms with E-state index >= 15 is 0 Å². The third kappa shape index (κ3) is 5.60. The van der Waals surface area contributed by atoms with Gasteiger partial charge < -0.3 is 30.3 Å². The van der Waals surface area contributed by atoms with Crippen molar-refractivity contribution in [2.45, 2.75) is 43.9 Å². The predicted molar refractivity (Wildman–Crippen MR) is 119 cm³/mol. The Labute approximate surface area is 199 Å². The number of phenolic OH excluding ortho intramolecular Hbond substituents is 1. The van der Waals surface area contributed by atoms with Crippen molar-refractivity contribution < 1.29 is 38.1 Å². The summed E-state index contributed by atoms with van der Waals surface area (Å²) in [6.45, 7) is 1.42. The molecule has 2 aliphatic rings. The van der Waals surface area contributed by atoms with Gasteiger partial charge in [-0.3, -0.25) is 9.69 Å². The van der Waals surface area contributed by atoms with E-state index in [4.69, 9.17) is 14.6 Å². The average molecular weight is 492 g/mol. The number of aromatic nitrogens is 1. The summed E-state index contributed by atoms with van der Waals surface area (Å²) in [5.41, 5.74) is -0.0768. The normalized spacial score (nSPS) is 21.5. The number of nitrogens with one attached hydrogen (secondary N) is 2. The fourth-order valence-electron chi connectivity index (χ4n) is 4.26. The van der Waals surface area contributed by atoms with Crippen LogP contribution in [0.4, 0.5) is 25.0 Å². The summed E-state index contributed by atoms with van der Waals surface area (Å²) in [5, 5.41) is 25.3. The summed E-state index contributed by atoms with van der Waals surface area (Å²) >= 11 is 0. The maximum atomic E-state index is 13.0. The van der Waals surface area contributed by atoms with Crippen molar-refractivity contribution in [3.63, 3.8) is 0 Å². The van der Waals surface area contributed by atoms with E-state index < -0.39 is 24.3 Å². The van der Waals surface area contributed by atoms with Crippen molar-refractivity contribution in [1.82, 2.24) is 15.2 Å². The largest absolute Gasteiger partial charge is 0.505 e. The number of nitrogens with zero attached hydrogens (tertiary/aromatic N) is 2. The zero-order valence-electron chi connectivity index (χ0n) is 19.0. The molecule has 3 heterocycles. The first-order valence-corrected chi connectivity index (χ1v) is 11.1. The van der Waals surface area contributed by atoms with Crippen molar-refractivity contribution in [1.29, 1.82) is 0 Å². The zero-order chi connectivity index (χ0) is 25.2. The molecule has 2 aliphatic heterocycles. The summed E-state index contributed by atoms with van der Waals surface area (Å²) in [7, 11) is 0. The number of rotatable bonds is 7. The van der Waals surface area contributed by atoms with Gasteiger partial charge in [-0.15, -0.1) is 0 Å². The Hall–Kier alpha value is -3.51. The topological polar surface area (TPSA) is 133 Å². The van der Waals surface area contributed by atoms with Gasteiger partial charge in [-0.2, -0.15) is 8.78 Å². The Morgan fingerprint density at radius 3 is 2.66 bits per heavy atom. The zero-order valence-corrected chi connectivity index (χ0v) is 19.0. The van der Waals surface area contributed by atoms with Crippen LogP contribution in [0.1, 0.15) is 31.7 Å². The summed E-state index contributed by atoms with van der Waals surface area (Å²) in [6, 6.07) is 6.97. The quantitative estimate of drug-likeness (QED) is 0.434.